The number of benzene rings is 1. The van der Waals surface area contributed by atoms with Crippen LogP contribution in [0.15, 0.2) is 53.9 Å². The van der Waals surface area contributed by atoms with Crippen LogP contribution in [-0.2, 0) is 0 Å². The van der Waals surface area contributed by atoms with E-state index in [4.69, 9.17) is 0 Å². The Balaban J connectivity index is 1.39. The van der Waals surface area contributed by atoms with Crippen LogP contribution in [-0.4, -0.2) is 34.1 Å². The molecule has 4 rings (SSSR count). The van der Waals surface area contributed by atoms with Gasteiger partial charge in [0.25, 0.3) is 5.91 Å². The lowest BCUT2D eigenvalue weighted by Crippen LogP contribution is -2.39. The van der Waals surface area contributed by atoms with Gasteiger partial charge < -0.3 is 4.90 Å². The molecular formula is C21H23N3OS. The normalized spacial score (nSPS) is 20.0. The number of carbonyl (C=O) groups is 1. The zero-order chi connectivity index (χ0) is 17.9. The number of rotatable bonds is 4. The van der Waals surface area contributed by atoms with Gasteiger partial charge in [-0.2, -0.15) is 5.10 Å². The fourth-order valence-electron chi connectivity index (χ4n) is 3.86. The van der Waals surface area contributed by atoms with E-state index in [1.54, 1.807) is 11.3 Å². The van der Waals surface area contributed by atoms with E-state index in [1.807, 2.05) is 35.5 Å². The fraction of sp³-hybridized carbons (Fsp3) is 0.333. The molecule has 1 fully saturated rings. The lowest BCUT2D eigenvalue weighted by Gasteiger charge is -2.34. The molecule has 26 heavy (non-hydrogen) atoms. The second-order valence-corrected chi connectivity index (χ2v) is 7.92. The number of H-pyrrole nitrogens is 1. The van der Waals surface area contributed by atoms with Crippen molar-refractivity contribution in [2.45, 2.75) is 37.6 Å². The van der Waals surface area contributed by atoms with Crippen molar-refractivity contribution in [1.82, 2.24) is 15.1 Å². The lowest BCUT2D eigenvalue weighted by molar-refractivity contribution is 0.0683. The Morgan fingerprint density at radius 1 is 1.12 bits per heavy atom. The number of nitrogens with one attached hydrogen (secondary N) is 1. The third-order valence-electron chi connectivity index (χ3n) is 5.42. The van der Waals surface area contributed by atoms with Crippen molar-refractivity contribution in [3.05, 3.63) is 65.2 Å². The van der Waals surface area contributed by atoms with Crippen LogP contribution >= 0.6 is 11.3 Å². The van der Waals surface area contributed by atoms with E-state index in [-0.39, 0.29) is 5.91 Å². The third kappa shape index (κ3) is 3.44. The first-order valence-corrected chi connectivity index (χ1v) is 10.0. The molecule has 1 aliphatic carbocycles. The molecule has 2 aromatic heterocycles. The van der Waals surface area contributed by atoms with Gasteiger partial charge in [-0.05, 0) is 54.7 Å². The summed E-state index contributed by atoms with van der Waals surface area (Å²) >= 11 is 1.64. The zero-order valence-corrected chi connectivity index (χ0v) is 15.7. The van der Waals surface area contributed by atoms with Crippen molar-refractivity contribution in [3.8, 4) is 10.6 Å². The molecule has 1 aromatic carbocycles. The second-order valence-electron chi connectivity index (χ2n) is 6.98. The summed E-state index contributed by atoms with van der Waals surface area (Å²) in [7, 11) is 1.91. The molecule has 5 heteroatoms. The predicted molar refractivity (Wildman–Crippen MR) is 105 cm³/mol. The first kappa shape index (κ1) is 17.0. The molecule has 1 N–H and O–H groups in total. The number of nitrogens with zero attached hydrogens (tertiary/aromatic N) is 2. The van der Waals surface area contributed by atoms with Crippen molar-refractivity contribution in [3.63, 3.8) is 0 Å². The molecule has 0 unspecified atom stereocenters. The first-order valence-electron chi connectivity index (χ1n) is 9.14. The number of amides is 1. The van der Waals surface area contributed by atoms with Gasteiger partial charge in [0, 0.05) is 13.1 Å². The van der Waals surface area contributed by atoms with Gasteiger partial charge in [-0.25, -0.2) is 0 Å². The Labute approximate surface area is 157 Å². The van der Waals surface area contributed by atoms with Crippen LogP contribution in [0, 0.1) is 0 Å². The van der Waals surface area contributed by atoms with Gasteiger partial charge in [0.1, 0.15) is 0 Å². The minimum atomic E-state index is 0.00668. The SMILES string of the molecule is CN(C(=O)c1cc(-c2cccs2)[nH]n1)C1CCC(c2ccccc2)CC1. The molecule has 0 radical (unpaired) electrons. The molecule has 0 bridgehead atoms. The number of aromatic amines is 1. The molecule has 1 saturated carbocycles. The highest BCUT2D eigenvalue weighted by Gasteiger charge is 2.28. The van der Waals surface area contributed by atoms with Gasteiger partial charge in [-0.15, -0.1) is 11.3 Å². The molecule has 2 heterocycles. The van der Waals surface area contributed by atoms with E-state index in [1.165, 1.54) is 5.56 Å². The Morgan fingerprint density at radius 3 is 2.58 bits per heavy atom. The molecular weight excluding hydrogens is 342 g/mol. The molecule has 134 valence electrons. The van der Waals surface area contributed by atoms with E-state index in [0.29, 0.717) is 17.7 Å². The maximum atomic E-state index is 12.8. The number of hydrogen-bond acceptors (Lipinski definition) is 3. The molecule has 0 spiro atoms. The average molecular weight is 366 g/mol. The Hall–Kier alpha value is -2.40. The summed E-state index contributed by atoms with van der Waals surface area (Å²) in [4.78, 5) is 15.8. The maximum absolute atomic E-state index is 12.8. The van der Waals surface area contributed by atoms with Crippen LogP contribution < -0.4 is 0 Å². The monoisotopic (exact) mass is 365 g/mol. The van der Waals surface area contributed by atoms with Crippen molar-refractivity contribution < 1.29 is 4.79 Å². The molecule has 1 amide bonds. The van der Waals surface area contributed by atoms with Crippen LogP contribution in [0.25, 0.3) is 10.6 Å². The van der Waals surface area contributed by atoms with Gasteiger partial charge in [0.2, 0.25) is 0 Å². The minimum absolute atomic E-state index is 0.00668. The largest absolute Gasteiger partial charge is 0.337 e. The summed E-state index contributed by atoms with van der Waals surface area (Å²) in [5, 5.41) is 9.25. The Morgan fingerprint density at radius 2 is 1.88 bits per heavy atom. The number of thiophene rings is 1. The second kappa shape index (κ2) is 7.46. The Bertz CT molecular complexity index is 849. The summed E-state index contributed by atoms with van der Waals surface area (Å²) in [6.45, 7) is 0. The highest BCUT2D eigenvalue weighted by atomic mass is 32.1. The molecule has 0 saturated heterocycles. The molecule has 0 aliphatic heterocycles. The van der Waals surface area contributed by atoms with Gasteiger partial charge >= 0.3 is 0 Å². The predicted octanol–water partition coefficient (Wildman–Crippen LogP) is 4.94. The van der Waals surface area contributed by atoms with Crippen molar-refractivity contribution in [2.75, 3.05) is 7.05 Å². The summed E-state index contributed by atoms with van der Waals surface area (Å²) in [5.74, 6) is 0.624. The van der Waals surface area contributed by atoms with Crippen LogP contribution in [0.1, 0.15) is 47.7 Å². The fourth-order valence-corrected chi connectivity index (χ4v) is 4.55. The van der Waals surface area contributed by atoms with Gasteiger partial charge in [-0.1, -0.05) is 36.4 Å². The summed E-state index contributed by atoms with van der Waals surface area (Å²) in [6.07, 6.45) is 4.36. The average Bonchev–Trinajstić information content (AvgIpc) is 3.39. The van der Waals surface area contributed by atoms with E-state index < -0.39 is 0 Å². The third-order valence-corrected chi connectivity index (χ3v) is 6.32. The van der Waals surface area contributed by atoms with E-state index in [9.17, 15) is 4.79 Å². The van der Waals surface area contributed by atoms with Crippen LogP contribution in [0.3, 0.4) is 0 Å². The number of hydrogen-bond donors (Lipinski definition) is 1. The standard InChI is InChI=1S/C21H23N3OS/c1-24(17-11-9-16(10-12-17)15-6-3-2-4-7-15)21(25)19-14-18(22-23-19)20-8-5-13-26-20/h2-8,13-14,16-17H,9-12H2,1H3,(H,22,23). The van der Waals surface area contributed by atoms with E-state index >= 15 is 0 Å². The van der Waals surface area contributed by atoms with Crippen LogP contribution in [0.4, 0.5) is 0 Å². The van der Waals surface area contributed by atoms with Crippen molar-refractivity contribution >= 4 is 17.2 Å². The van der Waals surface area contributed by atoms with E-state index in [0.717, 1.165) is 36.3 Å². The van der Waals surface area contributed by atoms with Crippen molar-refractivity contribution in [1.29, 1.82) is 0 Å². The minimum Gasteiger partial charge on any atom is -0.337 e. The molecule has 4 nitrogen and oxygen atoms in total. The van der Waals surface area contributed by atoms with Gasteiger partial charge in [0.15, 0.2) is 5.69 Å². The van der Waals surface area contributed by atoms with Crippen LogP contribution in [0.5, 0.6) is 0 Å². The van der Waals surface area contributed by atoms with Gasteiger partial charge in [0.05, 0.1) is 10.6 Å². The smallest absolute Gasteiger partial charge is 0.274 e. The number of carbonyl (C=O) groups excluding carboxylic acids is 1. The molecule has 0 atom stereocenters. The topological polar surface area (TPSA) is 49.0 Å². The summed E-state index contributed by atoms with van der Waals surface area (Å²) in [6, 6.07) is 16.9. The highest BCUT2D eigenvalue weighted by molar-refractivity contribution is 7.13. The Kier molecular flexibility index (Phi) is 4.89. The maximum Gasteiger partial charge on any atom is 0.274 e. The highest BCUT2D eigenvalue weighted by Crippen LogP contribution is 2.34. The molecule has 1 aliphatic rings. The summed E-state index contributed by atoms with van der Waals surface area (Å²) in [5.41, 5.74) is 2.83. The van der Waals surface area contributed by atoms with Crippen molar-refractivity contribution in [2.24, 2.45) is 0 Å². The van der Waals surface area contributed by atoms with Crippen LogP contribution in [0.2, 0.25) is 0 Å². The van der Waals surface area contributed by atoms with E-state index in [2.05, 4.69) is 40.5 Å². The zero-order valence-electron chi connectivity index (χ0n) is 14.9. The number of aromatic nitrogens is 2. The lowest BCUT2D eigenvalue weighted by atomic mass is 9.81. The summed E-state index contributed by atoms with van der Waals surface area (Å²) < 4.78 is 0. The first-order chi connectivity index (χ1) is 12.7. The molecule has 3 aromatic rings. The quantitative estimate of drug-likeness (QED) is 0.712. The van der Waals surface area contributed by atoms with Gasteiger partial charge in [-0.3, -0.25) is 9.89 Å².